The molecule has 19 heavy (non-hydrogen) atoms. The Labute approximate surface area is 117 Å². The lowest BCUT2D eigenvalue weighted by molar-refractivity contribution is 0.0695. The van der Waals surface area contributed by atoms with Crippen molar-refractivity contribution in [1.82, 2.24) is 0 Å². The fourth-order valence-corrected chi connectivity index (χ4v) is 1.93. The van der Waals surface area contributed by atoms with E-state index in [1.807, 2.05) is 0 Å². The SMILES string of the molecule is Cc1ccc(C(=O)Nc2ccc(Br)c(C(=O)O)c2)o1. The summed E-state index contributed by atoms with van der Waals surface area (Å²) >= 11 is 3.13. The Bertz CT molecular complexity index is 648. The van der Waals surface area contributed by atoms with Gasteiger partial charge in [-0.1, -0.05) is 0 Å². The molecule has 0 saturated heterocycles. The van der Waals surface area contributed by atoms with Crippen molar-refractivity contribution in [3.05, 3.63) is 51.9 Å². The smallest absolute Gasteiger partial charge is 0.336 e. The summed E-state index contributed by atoms with van der Waals surface area (Å²) in [6, 6.07) is 7.78. The number of furan rings is 1. The van der Waals surface area contributed by atoms with Crippen molar-refractivity contribution >= 4 is 33.5 Å². The van der Waals surface area contributed by atoms with Crippen LogP contribution in [0.2, 0.25) is 0 Å². The average Bonchev–Trinajstić information content (AvgIpc) is 2.78. The number of rotatable bonds is 3. The number of anilines is 1. The summed E-state index contributed by atoms with van der Waals surface area (Å²) in [6.07, 6.45) is 0. The number of nitrogens with one attached hydrogen (secondary N) is 1. The van der Waals surface area contributed by atoms with Crippen LogP contribution in [0.5, 0.6) is 0 Å². The Balaban J connectivity index is 2.22. The maximum absolute atomic E-state index is 11.8. The van der Waals surface area contributed by atoms with Gasteiger partial charge in [0.05, 0.1) is 5.56 Å². The number of carboxylic acids is 1. The molecule has 5 nitrogen and oxygen atoms in total. The molecule has 0 aliphatic rings. The summed E-state index contributed by atoms with van der Waals surface area (Å²) < 4.78 is 5.63. The standard InChI is InChI=1S/C13H10BrNO4/c1-7-2-5-11(19-7)12(16)15-8-3-4-10(14)9(6-8)13(17)18/h2-6H,1H3,(H,15,16)(H,17,18). The minimum atomic E-state index is -1.07. The highest BCUT2D eigenvalue weighted by atomic mass is 79.9. The normalized spacial score (nSPS) is 10.2. The quantitative estimate of drug-likeness (QED) is 0.908. The summed E-state index contributed by atoms with van der Waals surface area (Å²) in [4.78, 5) is 22.8. The van der Waals surface area contributed by atoms with E-state index in [1.54, 1.807) is 31.2 Å². The van der Waals surface area contributed by atoms with Crippen molar-refractivity contribution in [1.29, 1.82) is 0 Å². The lowest BCUT2D eigenvalue weighted by Gasteiger charge is -2.05. The van der Waals surface area contributed by atoms with E-state index in [4.69, 9.17) is 9.52 Å². The molecular weight excluding hydrogens is 314 g/mol. The molecule has 2 rings (SSSR count). The first-order valence-electron chi connectivity index (χ1n) is 5.38. The van der Waals surface area contributed by atoms with Gasteiger partial charge in [-0.15, -0.1) is 0 Å². The monoisotopic (exact) mass is 323 g/mol. The highest BCUT2D eigenvalue weighted by molar-refractivity contribution is 9.10. The van der Waals surface area contributed by atoms with Crippen LogP contribution in [-0.4, -0.2) is 17.0 Å². The Kier molecular flexibility index (Phi) is 3.71. The van der Waals surface area contributed by atoms with Gasteiger partial charge in [0.25, 0.3) is 5.91 Å². The van der Waals surface area contributed by atoms with Crippen molar-refractivity contribution in [2.75, 3.05) is 5.32 Å². The highest BCUT2D eigenvalue weighted by Gasteiger charge is 2.13. The fraction of sp³-hybridized carbons (Fsp3) is 0.0769. The number of carbonyl (C=O) groups excluding carboxylic acids is 1. The van der Waals surface area contributed by atoms with Gasteiger partial charge in [0.15, 0.2) is 5.76 Å². The van der Waals surface area contributed by atoms with Crippen LogP contribution in [0.3, 0.4) is 0 Å². The summed E-state index contributed by atoms with van der Waals surface area (Å²) in [5.74, 6) is -0.687. The Morgan fingerprint density at radius 2 is 2.00 bits per heavy atom. The van der Waals surface area contributed by atoms with E-state index in [0.29, 0.717) is 15.9 Å². The molecule has 0 spiro atoms. The van der Waals surface area contributed by atoms with E-state index >= 15 is 0 Å². The fourth-order valence-electron chi connectivity index (χ4n) is 1.52. The van der Waals surface area contributed by atoms with E-state index in [2.05, 4.69) is 21.2 Å². The number of benzene rings is 1. The Morgan fingerprint density at radius 3 is 2.58 bits per heavy atom. The summed E-state index contributed by atoms with van der Waals surface area (Å²) in [6.45, 7) is 1.74. The van der Waals surface area contributed by atoms with E-state index < -0.39 is 11.9 Å². The predicted molar refractivity (Wildman–Crippen MR) is 72.5 cm³/mol. The van der Waals surface area contributed by atoms with Crippen molar-refractivity contribution < 1.29 is 19.1 Å². The molecule has 1 heterocycles. The van der Waals surface area contributed by atoms with Crippen LogP contribution in [0.15, 0.2) is 39.2 Å². The summed E-state index contributed by atoms with van der Waals surface area (Å²) in [5.41, 5.74) is 0.466. The van der Waals surface area contributed by atoms with Crippen LogP contribution in [0.4, 0.5) is 5.69 Å². The molecule has 2 aromatic rings. The maximum Gasteiger partial charge on any atom is 0.336 e. The number of carbonyl (C=O) groups is 2. The van der Waals surface area contributed by atoms with Gasteiger partial charge in [-0.25, -0.2) is 4.79 Å². The number of amides is 1. The average molecular weight is 324 g/mol. The van der Waals surface area contributed by atoms with Gasteiger partial charge >= 0.3 is 5.97 Å². The van der Waals surface area contributed by atoms with E-state index in [0.717, 1.165) is 0 Å². The zero-order chi connectivity index (χ0) is 14.0. The van der Waals surface area contributed by atoms with Crippen molar-refractivity contribution in [3.63, 3.8) is 0 Å². The van der Waals surface area contributed by atoms with Crippen LogP contribution in [0.25, 0.3) is 0 Å². The first kappa shape index (κ1) is 13.4. The Hall–Kier alpha value is -2.08. The summed E-state index contributed by atoms with van der Waals surface area (Å²) in [5, 5.41) is 11.6. The minimum absolute atomic E-state index is 0.0772. The Morgan fingerprint density at radius 1 is 1.26 bits per heavy atom. The molecule has 0 unspecified atom stereocenters. The van der Waals surface area contributed by atoms with E-state index in [-0.39, 0.29) is 11.3 Å². The third-order valence-corrected chi connectivity index (χ3v) is 3.11. The molecule has 0 fully saturated rings. The molecule has 1 amide bonds. The second kappa shape index (κ2) is 5.27. The molecule has 1 aromatic carbocycles. The molecule has 0 aliphatic carbocycles. The van der Waals surface area contributed by atoms with Gasteiger partial charge in [0.1, 0.15) is 5.76 Å². The van der Waals surface area contributed by atoms with Crippen molar-refractivity contribution in [3.8, 4) is 0 Å². The molecule has 0 atom stereocenters. The number of aryl methyl sites for hydroxylation is 1. The lowest BCUT2D eigenvalue weighted by Crippen LogP contribution is -2.11. The highest BCUT2D eigenvalue weighted by Crippen LogP contribution is 2.21. The predicted octanol–water partition coefficient (Wildman–Crippen LogP) is 3.30. The van der Waals surface area contributed by atoms with E-state index in [9.17, 15) is 9.59 Å². The van der Waals surface area contributed by atoms with Gasteiger partial charge < -0.3 is 14.8 Å². The van der Waals surface area contributed by atoms with Crippen LogP contribution in [0, 0.1) is 6.92 Å². The number of carboxylic acid groups (broad SMARTS) is 1. The third-order valence-electron chi connectivity index (χ3n) is 2.42. The van der Waals surface area contributed by atoms with Crippen molar-refractivity contribution in [2.45, 2.75) is 6.92 Å². The zero-order valence-electron chi connectivity index (χ0n) is 9.94. The topological polar surface area (TPSA) is 79.5 Å². The molecule has 2 N–H and O–H groups in total. The molecule has 6 heteroatoms. The van der Waals surface area contributed by atoms with Crippen LogP contribution in [-0.2, 0) is 0 Å². The van der Waals surface area contributed by atoms with Gasteiger partial charge in [-0.05, 0) is 53.2 Å². The van der Waals surface area contributed by atoms with Gasteiger partial charge in [0.2, 0.25) is 0 Å². The molecular formula is C13H10BrNO4. The van der Waals surface area contributed by atoms with Crippen LogP contribution >= 0.6 is 15.9 Å². The van der Waals surface area contributed by atoms with E-state index in [1.165, 1.54) is 6.07 Å². The number of hydrogen-bond acceptors (Lipinski definition) is 3. The number of hydrogen-bond donors (Lipinski definition) is 2. The molecule has 0 radical (unpaired) electrons. The molecule has 1 aromatic heterocycles. The lowest BCUT2D eigenvalue weighted by atomic mass is 10.2. The van der Waals surface area contributed by atoms with Crippen LogP contribution < -0.4 is 5.32 Å². The first-order valence-corrected chi connectivity index (χ1v) is 6.17. The molecule has 0 bridgehead atoms. The second-order valence-corrected chi connectivity index (χ2v) is 4.72. The van der Waals surface area contributed by atoms with Crippen molar-refractivity contribution in [2.24, 2.45) is 0 Å². The molecule has 98 valence electrons. The molecule has 0 aliphatic heterocycles. The minimum Gasteiger partial charge on any atom is -0.478 e. The van der Waals surface area contributed by atoms with Gasteiger partial charge in [-0.2, -0.15) is 0 Å². The van der Waals surface area contributed by atoms with Gasteiger partial charge in [0, 0.05) is 10.2 Å². The third kappa shape index (κ3) is 3.03. The first-order chi connectivity index (χ1) is 8.97. The largest absolute Gasteiger partial charge is 0.478 e. The second-order valence-electron chi connectivity index (χ2n) is 3.86. The number of aromatic carboxylic acids is 1. The number of halogens is 1. The van der Waals surface area contributed by atoms with Crippen LogP contribution in [0.1, 0.15) is 26.7 Å². The van der Waals surface area contributed by atoms with Gasteiger partial charge in [-0.3, -0.25) is 4.79 Å². The molecule has 0 saturated carbocycles. The zero-order valence-corrected chi connectivity index (χ0v) is 11.5. The summed E-state index contributed by atoms with van der Waals surface area (Å²) in [7, 11) is 0. The maximum atomic E-state index is 11.8.